The maximum absolute atomic E-state index is 11.9. The minimum Gasteiger partial charge on any atom is -0.494 e. The highest BCUT2D eigenvalue weighted by Gasteiger charge is 2.10. The van der Waals surface area contributed by atoms with Crippen molar-refractivity contribution in [3.63, 3.8) is 0 Å². The number of aromatic nitrogens is 1. The fourth-order valence-corrected chi connectivity index (χ4v) is 2.72. The molecule has 0 radical (unpaired) electrons. The second-order valence-corrected chi connectivity index (χ2v) is 5.65. The summed E-state index contributed by atoms with van der Waals surface area (Å²) in [7, 11) is 1.64. The zero-order valence-electron chi connectivity index (χ0n) is 14.5. The number of ether oxygens (including phenoxy) is 2. The van der Waals surface area contributed by atoms with Crippen LogP contribution in [0.5, 0.6) is 5.75 Å². The van der Waals surface area contributed by atoms with Crippen molar-refractivity contribution in [3.05, 3.63) is 59.8 Å². The topological polar surface area (TPSA) is 60.5 Å². The van der Waals surface area contributed by atoms with Gasteiger partial charge in [0.1, 0.15) is 11.3 Å². The fourth-order valence-electron chi connectivity index (χ4n) is 2.72. The predicted octanol–water partition coefficient (Wildman–Crippen LogP) is 4.47. The molecule has 3 aromatic rings. The monoisotopic (exact) mass is 336 g/mol. The summed E-state index contributed by atoms with van der Waals surface area (Å²) in [5.41, 5.74) is 4.09. The van der Waals surface area contributed by atoms with Gasteiger partial charge in [-0.2, -0.15) is 0 Å². The number of nitrogens with one attached hydrogen (secondary N) is 1. The summed E-state index contributed by atoms with van der Waals surface area (Å²) in [6, 6.07) is 13.2. The molecule has 5 heteroatoms. The molecule has 0 atom stereocenters. The number of methoxy groups -OCH3 is 1. The number of hydrogen-bond donors (Lipinski definition) is 1. The number of anilines is 2. The van der Waals surface area contributed by atoms with E-state index in [2.05, 4.69) is 16.4 Å². The molecule has 1 aromatic heterocycles. The van der Waals surface area contributed by atoms with Gasteiger partial charge in [0.2, 0.25) is 0 Å². The zero-order valence-corrected chi connectivity index (χ0v) is 14.5. The van der Waals surface area contributed by atoms with E-state index < -0.39 is 0 Å². The standard InChI is InChI=1S/C20H20N2O3/c1-4-25-20(23)14-6-5-7-15(12-14)22-17-8-9-21-19-16(17)10-13(2)11-18(19)24-3/h5-12H,4H2,1-3H3,(H,21,22). The summed E-state index contributed by atoms with van der Waals surface area (Å²) < 4.78 is 10.5. The van der Waals surface area contributed by atoms with Crippen molar-refractivity contribution in [2.45, 2.75) is 13.8 Å². The number of esters is 1. The first-order valence-electron chi connectivity index (χ1n) is 8.10. The Hall–Kier alpha value is -3.08. The van der Waals surface area contributed by atoms with Gasteiger partial charge in [-0.15, -0.1) is 0 Å². The van der Waals surface area contributed by atoms with E-state index in [4.69, 9.17) is 9.47 Å². The van der Waals surface area contributed by atoms with Crippen LogP contribution in [0.1, 0.15) is 22.8 Å². The molecule has 0 unspecified atom stereocenters. The number of rotatable bonds is 5. The van der Waals surface area contributed by atoms with Crippen LogP contribution >= 0.6 is 0 Å². The number of benzene rings is 2. The van der Waals surface area contributed by atoms with Gasteiger partial charge in [-0.1, -0.05) is 6.07 Å². The maximum atomic E-state index is 11.9. The quantitative estimate of drug-likeness (QED) is 0.697. The largest absolute Gasteiger partial charge is 0.494 e. The SMILES string of the molecule is CCOC(=O)c1cccc(Nc2ccnc3c(OC)cc(C)cc23)c1. The Bertz CT molecular complexity index is 922. The van der Waals surface area contributed by atoms with Crippen molar-refractivity contribution in [1.82, 2.24) is 4.98 Å². The number of nitrogens with zero attached hydrogens (tertiary/aromatic N) is 1. The second-order valence-electron chi connectivity index (χ2n) is 5.65. The number of carbonyl (C=O) groups is 1. The number of fused-ring (bicyclic) bond motifs is 1. The Morgan fingerprint density at radius 2 is 2.04 bits per heavy atom. The van der Waals surface area contributed by atoms with Gasteiger partial charge in [0.25, 0.3) is 0 Å². The first-order valence-corrected chi connectivity index (χ1v) is 8.10. The van der Waals surface area contributed by atoms with Crippen molar-refractivity contribution in [3.8, 4) is 5.75 Å². The van der Waals surface area contributed by atoms with Gasteiger partial charge < -0.3 is 14.8 Å². The molecular formula is C20H20N2O3. The average Bonchev–Trinajstić information content (AvgIpc) is 2.62. The van der Waals surface area contributed by atoms with Crippen LogP contribution in [0.25, 0.3) is 10.9 Å². The summed E-state index contributed by atoms with van der Waals surface area (Å²) in [5, 5.41) is 4.32. The lowest BCUT2D eigenvalue weighted by Crippen LogP contribution is -2.05. The third-order valence-electron chi connectivity index (χ3n) is 3.83. The number of pyridine rings is 1. The van der Waals surface area contributed by atoms with E-state index in [0.29, 0.717) is 12.2 Å². The summed E-state index contributed by atoms with van der Waals surface area (Å²) in [6.45, 7) is 4.16. The molecule has 0 spiro atoms. The van der Waals surface area contributed by atoms with E-state index >= 15 is 0 Å². The third kappa shape index (κ3) is 3.55. The summed E-state index contributed by atoms with van der Waals surface area (Å²) in [4.78, 5) is 16.3. The normalized spacial score (nSPS) is 10.5. The Labute approximate surface area is 146 Å². The summed E-state index contributed by atoms with van der Waals surface area (Å²) >= 11 is 0. The first-order chi connectivity index (χ1) is 12.1. The van der Waals surface area contributed by atoms with E-state index in [1.165, 1.54) is 0 Å². The number of carbonyl (C=O) groups excluding carboxylic acids is 1. The lowest BCUT2D eigenvalue weighted by atomic mass is 10.1. The molecule has 0 aliphatic carbocycles. The Balaban J connectivity index is 2.00. The molecule has 25 heavy (non-hydrogen) atoms. The summed E-state index contributed by atoms with van der Waals surface area (Å²) in [5.74, 6) is 0.405. The number of hydrogen-bond acceptors (Lipinski definition) is 5. The molecule has 0 bridgehead atoms. The number of aryl methyl sites for hydroxylation is 1. The Kier molecular flexibility index (Phi) is 4.84. The molecule has 1 heterocycles. The minimum atomic E-state index is -0.330. The van der Waals surface area contributed by atoms with Crippen molar-refractivity contribution in [2.24, 2.45) is 0 Å². The highest BCUT2D eigenvalue weighted by molar-refractivity contribution is 5.97. The van der Waals surface area contributed by atoms with Gasteiger partial charge in [0, 0.05) is 23.0 Å². The lowest BCUT2D eigenvalue weighted by molar-refractivity contribution is 0.0526. The van der Waals surface area contributed by atoms with Gasteiger partial charge in [-0.3, -0.25) is 4.98 Å². The van der Waals surface area contributed by atoms with Gasteiger partial charge in [-0.25, -0.2) is 4.79 Å². The van der Waals surface area contributed by atoms with Crippen molar-refractivity contribution < 1.29 is 14.3 Å². The maximum Gasteiger partial charge on any atom is 0.338 e. The molecule has 3 rings (SSSR count). The second kappa shape index (κ2) is 7.21. The Morgan fingerprint density at radius 3 is 2.80 bits per heavy atom. The molecule has 0 fully saturated rings. The predicted molar refractivity (Wildman–Crippen MR) is 98.7 cm³/mol. The Morgan fingerprint density at radius 1 is 1.20 bits per heavy atom. The van der Waals surface area contributed by atoms with Crippen LogP contribution in [-0.2, 0) is 4.74 Å². The molecule has 2 aromatic carbocycles. The first kappa shape index (κ1) is 16.8. The molecule has 1 N–H and O–H groups in total. The van der Waals surface area contributed by atoms with Crippen LogP contribution in [0.2, 0.25) is 0 Å². The van der Waals surface area contributed by atoms with Crippen LogP contribution in [0.15, 0.2) is 48.7 Å². The van der Waals surface area contributed by atoms with Crippen LogP contribution in [-0.4, -0.2) is 24.7 Å². The van der Waals surface area contributed by atoms with Gasteiger partial charge >= 0.3 is 5.97 Å². The zero-order chi connectivity index (χ0) is 17.8. The van der Waals surface area contributed by atoms with Crippen LogP contribution < -0.4 is 10.1 Å². The fraction of sp³-hybridized carbons (Fsp3) is 0.200. The molecule has 0 aliphatic rings. The summed E-state index contributed by atoms with van der Waals surface area (Å²) in [6.07, 6.45) is 1.73. The minimum absolute atomic E-state index is 0.330. The molecule has 0 saturated carbocycles. The molecule has 5 nitrogen and oxygen atoms in total. The molecular weight excluding hydrogens is 316 g/mol. The highest BCUT2D eigenvalue weighted by atomic mass is 16.5. The van der Waals surface area contributed by atoms with Gasteiger partial charge in [-0.05, 0) is 55.8 Å². The van der Waals surface area contributed by atoms with E-state index in [-0.39, 0.29) is 5.97 Å². The molecule has 0 saturated heterocycles. The van der Waals surface area contributed by atoms with E-state index in [1.807, 2.05) is 31.2 Å². The third-order valence-corrected chi connectivity index (χ3v) is 3.83. The van der Waals surface area contributed by atoms with E-state index in [1.54, 1.807) is 32.4 Å². The van der Waals surface area contributed by atoms with Crippen molar-refractivity contribution in [1.29, 1.82) is 0 Å². The van der Waals surface area contributed by atoms with E-state index in [9.17, 15) is 4.79 Å². The van der Waals surface area contributed by atoms with E-state index in [0.717, 1.165) is 33.6 Å². The smallest absolute Gasteiger partial charge is 0.338 e. The van der Waals surface area contributed by atoms with Crippen LogP contribution in [0, 0.1) is 6.92 Å². The van der Waals surface area contributed by atoms with Crippen LogP contribution in [0.3, 0.4) is 0 Å². The average molecular weight is 336 g/mol. The highest BCUT2D eigenvalue weighted by Crippen LogP contribution is 2.32. The molecule has 128 valence electrons. The molecule has 0 amide bonds. The molecule has 0 aliphatic heterocycles. The van der Waals surface area contributed by atoms with Crippen molar-refractivity contribution in [2.75, 3.05) is 19.0 Å². The van der Waals surface area contributed by atoms with Gasteiger partial charge in [0.15, 0.2) is 0 Å². The van der Waals surface area contributed by atoms with Crippen molar-refractivity contribution >= 4 is 28.2 Å². The lowest BCUT2D eigenvalue weighted by Gasteiger charge is -2.13. The van der Waals surface area contributed by atoms with Gasteiger partial charge in [0.05, 0.1) is 19.3 Å². The van der Waals surface area contributed by atoms with Crippen LogP contribution in [0.4, 0.5) is 11.4 Å².